The van der Waals surface area contributed by atoms with Crippen LogP contribution >= 0.6 is 0 Å². The topological polar surface area (TPSA) is 21.7 Å². The molecular weight excluding hydrogens is 346 g/mol. The molecule has 28 heavy (non-hydrogen) atoms. The maximum absolute atomic E-state index is 5.46. The van der Waals surface area contributed by atoms with Crippen LogP contribution in [0, 0.1) is 5.92 Å². The van der Waals surface area contributed by atoms with Gasteiger partial charge in [0.15, 0.2) is 11.5 Å². The number of benzene rings is 2. The summed E-state index contributed by atoms with van der Waals surface area (Å²) in [5, 5.41) is 0. The molecule has 0 atom stereocenters. The van der Waals surface area contributed by atoms with E-state index >= 15 is 0 Å². The van der Waals surface area contributed by atoms with E-state index in [1.54, 1.807) is 14.2 Å². The molecule has 0 spiro atoms. The number of nitrogens with zero attached hydrogens (tertiary/aromatic N) is 1. The lowest BCUT2D eigenvalue weighted by Crippen LogP contribution is -2.32. The van der Waals surface area contributed by atoms with Crippen molar-refractivity contribution >= 4 is 5.57 Å². The van der Waals surface area contributed by atoms with Crippen molar-refractivity contribution in [1.29, 1.82) is 0 Å². The van der Waals surface area contributed by atoms with Crippen molar-refractivity contribution in [3.63, 3.8) is 0 Å². The summed E-state index contributed by atoms with van der Waals surface area (Å²) >= 11 is 0. The molecule has 0 N–H and O–H groups in total. The molecule has 3 heteroatoms. The normalized spacial score (nSPS) is 19.1. The Balaban J connectivity index is 1.41. The molecule has 2 aromatic carbocycles. The molecule has 0 aromatic heterocycles. The van der Waals surface area contributed by atoms with Crippen LogP contribution in [0.2, 0.25) is 0 Å². The van der Waals surface area contributed by atoms with Crippen LogP contribution < -0.4 is 9.47 Å². The van der Waals surface area contributed by atoms with Crippen LogP contribution in [-0.2, 0) is 13.0 Å². The molecule has 0 saturated carbocycles. The first kappa shape index (κ1) is 18.8. The van der Waals surface area contributed by atoms with Crippen LogP contribution in [-0.4, -0.2) is 32.2 Å². The predicted molar refractivity (Wildman–Crippen MR) is 115 cm³/mol. The van der Waals surface area contributed by atoms with E-state index in [9.17, 15) is 0 Å². The second kappa shape index (κ2) is 8.24. The van der Waals surface area contributed by atoms with E-state index < -0.39 is 0 Å². The average Bonchev–Trinajstić information content (AvgIpc) is 3.03. The van der Waals surface area contributed by atoms with E-state index in [0.29, 0.717) is 5.92 Å². The summed E-state index contributed by atoms with van der Waals surface area (Å²) in [5.74, 6) is 2.21. The molecule has 0 amide bonds. The number of piperidine rings is 1. The lowest BCUT2D eigenvalue weighted by molar-refractivity contribution is 0.195. The number of rotatable bonds is 5. The lowest BCUT2D eigenvalue weighted by Gasteiger charge is -2.31. The van der Waals surface area contributed by atoms with Crippen LogP contribution in [0.4, 0.5) is 0 Å². The Kier molecular flexibility index (Phi) is 5.54. The minimum absolute atomic E-state index is 0.636. The molecule has 1 heterocycles. The van der Waals surface area contributed by atoms with Gasteiger partial charge in [-0.1, -0.05) is 43.0 Å². The van der Waals surface area contributed by atoms with Gasteiger partial charge in [-0.2, -0.15) is 0 Å². The van der Waals surface area contributed by atoms with Crippen molar-refractivity contribution in [1.82, 2.24) is 4.90 Å². The number of likely N-dealkylation sites (tertiary alicyclic amines) is 1. The van der Waals surface area contributed by atoms with Gasteiger partial charge >= 0.3 is 0 Å². The van der Waals surface area contributed by atoms with Gasteiger partial charge in [-0.15, -0.1) is 0 Å². The van der Waals surface area contributed by atoms with Crippen LogP contribution in [0.25, 0.3) is 5.57 Å². The summed E-state index contributed by atoms with van der Waals surface area (Å²) in [7, 11) is 3.37. The Labute approximate surface area is 168 Å². The first-order valence-corrected chi connectivity index (χ1v) is 10.1. The third-order valence-electron chi connectivity index (χ3n) is 6.02. The second-order valence-electron chi connectivity index (χ2n) is 7.81. The van der Waals surface area contributed by atoms with Gasteiger partial charge in [-0.05, 0) is 78.2 Å². The predicted octanol–water partition coefficient (Wildman–Crippen LogP) is 5.11. The van der Waals surface area contributed by atoms with E-state index in [0.717, 1.165) is 43.1 Å². The maximum Gasteiger partial charge on any atom is 0.161 e. The highest BCUT2D eigenvalue weighted by Gasteiger charge is 2.25. The average molecular weight is 376 g/mol. The standard InChI is InChI=1S/C25H29NO2/c1-18-21(14-22-15-24(27-2)25(28-3)16-23(18)22)13-19-9-11-26(12-10-19)17-20-7-5-4-6-8-20/h4-8,13,15-16,19H,1,9-12,14,17H2,2-3H3/b21-13+. The zero-order valence-electron chi connectivity index (χ0n) is 16.9. The third-order valence-corrected chi connectivity index (χ3v) is 6.02. The monoisotopic (exact) mass is 375 g/mol. The highest BCUT2D eigenvalue weighted by molar-refractivity contribution is 5.86. The zero-order chi connectivity index (χ0) is 19.5. The smallest absolute Gasteiger partial charge is 0.161 e. The van der Waals surface area contributed by atoms with Gasteiger partial charge < -0.3 is 9.47 Å². The molecule has 0 radical (unpaired) electrons. The second-order valence-corrected chi connectivity index (χ2v) is 7.81. The minimum Gasteiger partial charge on any atom is -0.493 e. The van der Waals surface area contributed by atoms with Gasteiger partial charge in [0.05, 0.1) is 14.2 Å². The van der Waals surface area contributed by atoms with E-state index in [-0.39, 0.29) is 0 Å². The van der Waals surface area contributed by atoms with Crippen LogP contribution in [0.1, 0.15) is 29.5 Å². The van der Waals surface area contributed by atoms with Crippen molar-refractivity contribution in [3.8, 4) is 11.5 Å². The largest absolute Gasteiger partial charge is 0.493 e. The molecule has 1 saturated heterocycles. The fourth-order valence-electron chi connectivity index (χ4n) is 4.40. The Morgan fingerprint density at radius 1 is 1.04 bits per heavy atom. The Morgan fingerprint density at radius 2 is 1.71 bits per heavy atom. The summed E-state index contributed by atoms with van der Waals surface area (Å²) in [4.78, 5) is 2.57. The Hall–Kier alpha value is -2.52. The summed E-state index contributed by atoms with van der Waals surface area (Å²) in [5.41, 5.74) is 6.40. The number of allylic oxidation sites excluding steroid dienone is 3. The quantitative estimate of drug-likeness (QED) is 0.725. The van der Waals surface area contributed by atoms with E-state index in [4.69, 9.17) is 9.47 Å². The van der Waals surface area contributed by atoms with Crippen LogP contribution in [0.15, 0.2) is 60.7 Å². The van der Waals surface area contributed by atoms with Gasteiger partial charge in [-0.25, -0.2) is 0 Å². The molecular formula is C25H29NO2. The van der Waals surface area contributed by atoms with E-state index in [1.807, 2.05) is 0 Å². The molecule has 0 bridgehead atoms. The van der Waals surface area contributed by atoms with Gasteiger partial charge in [0.25, 0.3) is 0 Å². The van der Waals surface area contributed by atoms with Crippen molar-refractivity contribution in [2.24, 2.45) is 5.92 Å². The Bertz CT molecular complexity index is 877. The van der Waals surface area contributed by atoms with Crippen LogP contribution in [0.3, 0.4) is 0 Å². The molecule has 2 aromatic rings. The lowest BCUT2D eigenvalue weighted by atomic mass is 9.92. The van der Waals surface area contributed by atoms with Gasteiger partial charge in [0.1, 0.15) is 0 Å². The van der Waals surface area contributed by atoms with Crippen molar-refractivity contribution in [3.05, 3.63) is 77.4 Å². The highest BCUT2D eigenvalue weighted by Crippen LogP contribution is 2.42. The maximum atomic E-state index is 5.46. The Morgan fingerprint density at radius 3 is 2.39 bits per heavy atom. The highest BCUT2D eigenvalue weighted by atomic mass is 16.5. The minimum atomic E-state index is 0.636. The van der Waals surface area contributed by atoms with Crippen LogP contribution in [0.5, 0.6) is 11.5 Å². The fourth-order valence-corrected chi connectivity index (χ4v) is 4.40. The molecule has 2 aliphatic rings. The zero-order valence-corrected chi connectivity index (χ0v) is 16.9. The first-order chi connectivity index (χ1) is 13.7. The molecule has 3 nitrogen and oxygen atoms in total. The van der Waals surface area contributed by atoms with Gasteiger partial charge in [0.2, 0.25) is 0 Å². The molecule has 1 fully saturated rings. The fraction of sp³-hybridized carbons (Fsp3) is 0.360. The van der Waals surface area contributed by atoms with E-state index in [2.05, 4.69) is 60.0 Å². The van der Waals surface area contributed by atoms with Gasteiger partial charge in [-0.3, -0.25) is 4.90 Å². The number of fused-ring (bicyclic) bond motifs is 1. The number of ether oxygens (including phenoxy) is 2. The summed E-state index contributed by atoms with van der Waals surface area (Å²) < 4.78 is 10.9. The van der Waals surface area contributed by atoms with Crippen molar-refractivity contribution < 1.29 is 9.47 Å². The third kappa shape index (κ3) is 3.85. The number of methoxy groups -OCH3 is 2. The molecule has 0 unspecified atom stereocenters. The SMILES string of the molecule is C=C1/C(=C/C2CCN(Cc3ccccc3)CC2)Cc2cc(OC)c(OC)cc21. The number of hydrogen-bond donors (Lipinski definition) is 0. The molecule has 4 rings (SSSR count). The number of hydrogen-bond acceptors (Lipinski definition) is 3. The molecule has 1 aliphatic carbocycles. The van der Waals surface area contributed by atoms with Crippen molar-refractivity contribution in [2.75, 3.05) is 27.3 Å². The van der Waals surface area contributed by atoms with Crippen molar-refractivity contribution in [2.45, 2.75) is 25.8 Å². The van der Waals surface area contributed by atoms with E-state index in [1.165, 1.54) is 35.1 Å². The molecule has 146 valence electrons. The molecule has 1 aliphatic heterocycles. The summed E-state index contributed by atoms with van der Waals surface area (Å²) in [6, 6.07) is 14.9. The summed E-state index contributed by atoms with van der Waals surface area (Å²) in [6.07, 6.45) is 5.85. The van der Waals surface area contributed by atoms with Gasteiger partial charge in [0, 0.05) is 6.54 Å². The first-order valence-electron chi connectivity index (χ1n) is 10.1. The summed E-state index contributed by atoms with van der Waals surface area (Å²) in [6.45, 7) is 7.74.